The van der Waals surface area contributed by atoms with Crippen LogP contribution >= 0.6 is 23.2 Å². The van der Waals surface area contributed by atoms with Crippen molar-refractivity contribution in [2.45, 2.75) is 19.9 Å². The Balaban J connectivity index is 2.62. The number of nitrogens with one attached hydrogen (secondary N) is 1. The molecule has 1 N–H and O–H groups in total. The largest absolute Gasteiger partial charge is 0.492 e. The molecule has 1 aromatic carbocycles. The normalized spacial score (nSPS) is 10.7. The Morgan fingerprint density at radius 1 is 1.28 bits per heavy atom. The highest BCUT2D eigenvalue weighted by molar-refractivity contribution is 6.35. The fourth-order valence-electron chi connectivity index (χ4n) is 1.62. The van der Waals surface area contributed by atoms with Gasteiger partial charge in [0.1, 0.15) is 5.75 Å². The maximum Gasteiger partial charge on any atom is 0.142 e. The van der Waals surface area contributed by atoms with Gasteiger partial charge in [0.15, 0.2) is 0 Å². The maximum atomic E-state index is 6.12. The Labute approximate surface area is 118 Å². The number of benzene rings is 1. The Kier molecular flexibility index (Phi) is 7.44. The van der Waals surface area contributed by atoms with Crippen LogP contribution in [0.25, 0.3) is 0 Å². The van der Waals surface area contributed by atoms with Crippen LogP contribution in [0, 0.1) is 0 Å². The van der Waals surface area contributed by atoms with E-state index in [1.165, 1.54) is 0 Å². The number of rotatable bonds is 8. The minimum absolute atomic E-state index is 0.554. The molecule has 18 heavy (non-hydrogen) atoms. The third-order valence-corrected chi connectivity index (χ3v) is 2.89. The lowest BCUT2D eigenvalue weighted by Crippen LogP contribution is -2.17. The molecule has 0 aliphatic carbocycles. The van der Waals surface area contributed by atoms with Crippen LogP contribution in [0.3, 0.4) is 0 Å². The minimum atomic E-state index is 0.554. The van der Waals surface area contributed by atoms with E-state index < -0.39 is 0 Å². The second kappa shape index (κ2) is 8.59. The first kappa shape index (κ1) is 15.6. The minimum Gasteiger partial charge on any atom is -0.492 e. The van der Waals surface area contributed by atoms with Crippen molar-refractivity contribution in [3.05, 3.63) is 27.7 Å². The average molecular weight is 292 g/mol. The molecule has 0 amide bonds. The summed E-state index contributed by atoms with van der Waals surface area (Å²) in [4.78, 5) is 0. The standard InChI is InChI=1S/C13H19Cl2NO2/c1-3-18-13-10(7-11(14)8-12(13)15)9-16-5-4-6-17-2/h7-8,16H,3-6,9H2,1-2H3. The zero-order chi connectivity index (χ0) is 13.4. The molecular weight excluding hydrogens is 273 g/mol. The fourth-order valence-corrected chi connectivity index (χ4v) is 2.21. The summed E-state index contributed by atoms with van der Waals surface area (Å²) < 4.78 is 10.5. The highest BCUT2D eigenvalue weighted by Crippen LogP contribution is 2.32. The highest BCUT2D eigenvalue weighted by Gasteiger charge is 2.09. The predicted molar refractivity (Wildman–Crippen MR) is 75.8 cm³/mol. The molecule has 0 unspecified atom stereocenters. The summed E-state index contributed by atoms with van der Waals surface area (Å²) in [5, 5.41) is 4.49. The van der Waals surface area contributed by atoms with E-state index in [2.05, 4.69) is 5.32 Å². The Morgan fingerprint density at radius 2 is 2.06 bits per heavy atom. The molecular formula is C13H19Cl2NO2. The van der Waals surface area contributed by atoms with Crippen molar-refractivity contribution in [2.75, 3.05) is 26.9 Å². The van der Waals surface area contributed by atoms with E-state index in [1.807, 2.05) is 13.0 Å². The first-order valence-electron chi connectivity index (χ1n) is 5.99. The van der Waals surface area contributed by atoms with Crippen LogP contribution < -0.4 is 10.1 Å². The lowest BCUT2D eigenvalue weighted by atomic mass is 10.2. The first-order valence-corrected chi connectivity index (χ1v) is 6.75. The van der Waals surface area contributed by atoms with Crippen LogP contribution in [0.15, 0.2) is 12.1 Å². The van der Waals surface area contributed by atoms with E-state index in [9.17, 15) is 0 Å². The molecule has 0 heterocycles. The number of halogens is 2. The van der Waals surface area contributed by atoms with Crippen molar-refractivity contribution in [3.63, 3.8) is 0 Å². The lowest BCUT2D eigenvalue weighted by molar-refractivity contribution is 0.194. The maximum absolute atomic E-state index is 6.12. The summed E-state index contributed by atoms with van der Waals surface area (Å²) in [6.07, 6.45) is 0.967. The van der Waals surface area contributed by atoms with Crippen molar-refractivity contribution in [1.29, 1.82) is 0 Å². The van der Waals surface area contributed by atoms with Crippen LogP contribution in [0.2, 0.25) is 10.0 Å². The van der Waals surface area contributed by atoms with Gasteiger partial charge in [-0.3, -0.25) is 0 Å². The Bertz CT molecular complexity index is 372. The molecule has 5 heteroatoms. The first-order chi connectivity index (χ1) is 8.69. The van der Waals surface area contributed by atoms with Gasteiger partial charge in [-0.25, -0.2) is 0 Å². The van der Waals surface area contributed by atoms with Crippen molar-refractivity contribution in [3.8, 4) is 5.75 Å². The number of methoxy groups -OCH3 is 1. The molecule has 0 spiro atoms. The molecule has 0 aromatic heterocycles. The highest BCUT2D eigenvalue weighted by atomic mass is 35.5. The molecule has 1 aromatic rings. The molecule has 0 saturated carbocycles. The van der Waals surface area contributed by atoms with E-state index in [0.717, 1.165) is 25.1 Å². The van der Waals surface area contributed by atoms with Crippen LogP contribution in [0.1, 0.15) is 18.9 Å². The molecule has 0 aliphatic rings. The smallest absolute Gasteiger partial charge is 0.142 e. The van der Waals surface area contributed by atoms with Crippen molar-refractivity contribution in [1.82, 2.24) is 5.32 Å². The zero-order valence-corrected chi connectivity index (χ0v) is 12.3. The fraction of sp³-hybridized carbons (Fsp3) is 0.538. The third-order valence-electron chi connectivity index (χ3n) is 2.39. The molecule has 0 saturated heterocycles. The molecule has 0 atom stereocenters. The number of hydrogen-bond donors (Lipinski definition) is 1. The molecule has 1 rings (SSSR count). The van der Waals surface area contributed by atoms with Gasteiger partial charge in [0, 0.05) is 30.8 Å². The average Bonchev–Trinajstić information content (AvgIpc) is 2.33. The molecule has 0 fully saturated rings. The quantitative estimate of drug-likeness (QED) is 0.744. The summed E-state index contributed by atoms with van der Waals surface area (Å²) in [7, 11) is 1.70. The van der Waals surface area contributed by atoms with Gasteiger partial charge in [0.25, 0.3) is 0 Å². The summed E-state index contributed by atoms with van der Waals surface area (Å²) in [5.74, 6) is 0.711. The van der Waals surface area contributed by atoms with Crippen molar-refractivity contribution in [2.24, 2.45) is 0 Å². The molecule has 0 radical (unpaired) electrons. The SMILES string of the molecule is CCOc1c(Cl)cc(Cl)cc1CNCCCOC. The van der Waals surface area contributed by atoms with Crippen LogP contribution in [0.5, 0.6) is 5.75 Å². The van der Waals surface area contributed by atoms with E-state index in [0.29, 0.717) is 28.9 Å². The monoisotopic (exact) mass is 291 g/mol. The van der Waals surface area contributed by atoms with E-state index in [4.69, 9.17) is 32.7 Å². The van der Waals surface area contributed by atoms with Gasteiger partial charge in [-0.1, -0.05) is 23.2 Å². The molecule has 3 nitrogen and oxygen atoms in total. The summed E-state index contributed by atoms with van der Waals surface area (Å²) in [6.45, 7) is 4.82. The number of ether oxygens (including phenoxy) is 2. The van der Waals surface area contributed by atoms with Crippen LogP contribution in [-0.4, -0.2) is 26.9 Å². The van der Waals surface area contributed by atoms with Gasteiger partial charge in [-0.05, 0) is 32.0 Å². The van der Waals surface area contributed by atoms with Crippen LogP contribution in [0.4, 0.5) is 0 Å². The van der Waals surface area contributed by atoms with Crippen molar-refractivity contribution < 1.29 is 9.47 Å². The van der Waals surface area contributed by atoms with Crippen LogP contribution in [-0.2, 0) is 11.3 Å². The Morgan fingerprint density at radius 3 is 2.72 bits per heavy atom. The topological polar surface area (TPSA) is 30.5 Å². The third kappa shape index (κ3) is 5.02. The predicted octanol–water partition coefficient (Wildman–Crippen LogP) is 3.52. The van der Waals surface area contributed by atoms with Crippen molar-refractivity contribution >= 4 is 23.2 Å². The van der Waals surface area contributed by atoms with Gasteiger partial charge in [-0.2, -0.15) is 0 Å². The van der Waals surface area contributed by atoms with Gasteiger partial charge < -0.3 is 14.8 Å². The lowest BCUT2D eigenvalue weighted by Gasteiger charge is -2.13. The molecule has 0 bridgehead atoms. The second-order valence-electron chi connectivity index (χ2n) is 3.83. The zero-order valence-electron chi connectivity index (χ0n) is 10.8. The van der Waals surface area contributed by atoms with E-state index in [1.54, 1.807) is 13.2 Å². The summed E-state index contributed by atoms with van der Waals surface area (Å²) >= 11 is 12.1. The second-order valence-corrected chi connectivity index (χ2v) is 4.68. The summed E-state index contributed by atoms with van der Waals surface area (Å²) in [6, 6.07) is 3.57. The van der Waals surface area contributed by atoms with E-state index >= 15 is 0 Å². The van der Waals surface area contributed by atoms with Gasteiger partial charge in [0.05, 0.1) is 11.6 Å². The Hall–Kier alpha value is -0.480. The molecule has 102 valence electrons. The summed E-state index contributed by atoms with van der Waals surface area (Å²) in [5.41, 5.74) is 0.978. The van der Waals surface area contributed by atoms with E-state index in [-0.39, 0.29) is 0 Å². The number of hydrogen-bond acceptors (Lipinski definition) is 3. The van der Waals surface area contributed by atoms with Gasteiger partial charge in [-0.15, -0.1) is 0 Å². The van der Waals surface area contributed by atoms with Gasteiger partial charge >= 0.3 is 0 Å². The molecule has 0 aliphatic heterocycles. The van der Waals surface area contributed by atoms with Gasteiger partial charge in [0.2, 0.25) is 0 Å².